The van der Waals surface area contributed by atoms with E-state index in [9.17, 15) is 0 Å². The molecule has 1 nitrogen and oxygen atoms in total. The van der Waals surface area contributed by atoms with E-state index in [2.05, 4.69) is 0 Å². The number of thioether (sulfide) groups is 1. The summed E-state index contributed by atoms with van der Waals surface area (Å²) in [5.74, 6) is 1.58. The summed E-state index contributed by atoms with van der Waals surface area (Å²) in [5, 5.41) is 0.830. The molecule has 0 radical (unpaired) electrons. The molecule has 0 bridgehead atoms. The first kappa shape index (κ1) is 10.7. The maximum Gasteiger partial charge on any atom is 0.133 e. The number of benzene rings is 1. The fourth-order valence-electron chi connectivity index (χ4n) is 1.12. The molecule has 1 aromatic rings. The van der Waals surface area contributed by atoms with Gasteiger partial charge < -0.3 is 4.74 Å². The summed E-state index contributed by atoms with van der Waals surface area (Å²) in [6, 6.07) is 3.93. The maximum absolute atomic E-state index is 6.02. The minimum absolute atomic E-state index is 0.681. The number of hydrogen-bond acceptors (Lipinski definition) is 2. The Kier molecular flexibility index (Phi) is 3.94. The topological polar surface area (TPSA) is 9.23 Å². The lowest BCUT2D eigenvalue weighted by Gasteiger charge is -2.08. The van der Waals surface area contributed by atoms with Crippen molar-refractivity contribution in [1.82, 2.24) is 0 Å². The predicted octanol–water partition coefficient (Wildman–Crippen LogP) is 3.66. The van der Waals surface area contributed by atoms with Crippen LogP contribution in [0, 0.1) is 13.8 Å². The largest absolute Gasteiger partial charge is 0.483 e. The van der Waals surface area contributed by atoms with Crippen molar-refractivity contribution in [1.29, 1.82) is 0 Å². The van der Waals surface area contributed by atoms with Gasteiger partial charge in [-0.15, -0.1) is 11.8 Å². The Morgan fingerprint density at radius 3 is 2.31 bits per heavy atom. The third-order valence-corrected chi connectivity index (χ3v) is 2.70. The summed E-state index contributed by atoms with van der Waals surface area (Å²) in [6.45, 7) is 3.97. The van der Waals surface area contributed by atoms with Gasteiger partial charge in [-0.3, -0.25) is 0 Å². The van der Waals surface area contributed by atoms with Crippen LogP contribution in [0.4, 0.5) is 0 Å². The Morgan fingerprint density at radius 1 is 1.31 bits per heavy atom. The molecule has 0 atom stereocenters. The van der Waals surface area contributed by atoms with Crippen LogP contribution in [0.1, 0.15) is 11.1 Å². The average molecular weight is 217 g/mol. The normalized spacial score (nSPS) is 10.2. The molecule has 0 saturated heterocycles. The number of aryl methyl sites for hydroxylation is 2. The first-order valence-electron chi connectivity index (χ1n) is 4.03. The second-order valence-electron chi connectivity index (χ2n) is 2.92. The highest BCUT2D eigenvalue weighted by Gasteiger charge is 2.02. The molecule has 0 aliphatic carbocycles. The summed E-state index contributed by atoms with van der Waals surface area (Å²) in [5.41, 5.74) is 2.13. The molecule has 72 valence electrons. The van der Waals surface area contributed by atoms with Gasteiger partial charge >= 0.3 is 0 Å². The van der Waals surface area contributed by atoms with Gasteiger partial charge in [-0.1, -0.05) is 11.6 Å². The van der Waals surface area contributed by atoms with E-state index in [0.29, 0.717) is 5.94 Å². The van der Waals surface area contributed by atoms with Gasteiger partial charge in [0.15, 0.2) is 0 Å². The summed E-state index contributed by atoms with van der Waals surface area (Å²) < 4.78 is 5.48. The number of ether oxygens (including phenoxy) is 1. The zero-order chi connectivity index (χ0) is 9.84. The van der Waals surface area contributed by atoms with Crippen LogP contribution in [0.3, 0.4) is 0 Å². The highest BCUT2D eigenvalue weighted by molar-refractivity contribution is 7.98. The van der Waals surface area contributed by atoms with E-state index in [1.54, 1.807) is 11.8 Å². The van der Waals surface area contributed by atoms with Gasteiger partial charge in [-0.2, -0.15) is 0 Å². The minimum atomic E-state index is 0.681. The van der Waals surface area contributed by atoms with Crippen molar-refractivity contribution in [2.24, 2.45) is 0 Å². The molecule has 0 N–H and O–H groups in total. The van der Waals surface area contributed by atoms with E-state index in [4.69, 9.17) is 16.3 Å². The molecule has 0 fully saturated rings. The Hall–Kier alpha value is -0.340. The van der Waals surface area contributed by atoms with Crippen LogP contribution in [0.5, 0.6) is 5.75 Å². The molecule has 1 rings (SSSR count). The van der Waals surface area contributed by atoms with Crippen molar-refractivity contribution < 1.29 is 4.74 Å². The van der Waals surface area contributed by atoms with Crippen molar-refractivity contribution in [2.45, 2.75) is 13.8 Å². The number of rotatable bonds is 3. The molecular formula is C10H13ClOS. The zero-order valence-electron chi connectivity index (χ0n) is 8.06. The van der Waals surface area contributed by atoms with Gasteiger partial charge in [-0.05, 0) is 43.4 Å². The molecule has 0 heterocycles. The summed E-state index contributed by atoms with van der Waals surface area (Å²) in [6.07, 6.45) is 2.01. The van der Waals surface area contributed by atoms with E-state index < -0.39 is 0 Å². The third-order valence-electron chi connectivity index (χ3n) is 1.75. The van der Waals surface area contributed by atoms with Crippen molar-refractivity contribution in [2.75, 3.05) is 12.2 Å². The van der Waals surface area contributed by atoms with E-state index in [-0.39, 0.29) is 0 Å². The lowest BCUT2D eigenvalue weighted by Crippen LogP contribution is -1.93. The first-order valence-corrected chi connectivity index (χ1v) is 5.81. The Balaban J connectivity index is 2.86. The Bertz CT molecular complexity index is 276. The van der Waals surface area contributed by atoms with Gasteiger partial charge in [0.05, 0.1) is 0 Å². The second-order valence-corrected chi connectivity index (χ2v) is 4.11. The lowest BCUT2D eigenvalue weighted by atomic mass is 10.1. The molecule has 3 heteroatoms. The van der Waals surface area contributed by atoms with Crippen LogP contribution in [-0.2, 0) is 0 Å². The molecule has 13 heavy (non-hydrogen) atoms. The predicted molar refractivity (Wildman–Crippen MR) is 59.9 cm³/mol. The Labute approximate surface area is 88.4 Å². The van der Waals surface area contributed by atoms with Gasteiger partial charge in [0, 0.05) is 5.02 Å². The van der Waals surface area contributed by atoms with E-state index in [1.165, 1.54) is 0 Å². The maximum atomic E-state index is 6.02. The van der Waals surface area contributed by atoms with Crippen LogP contribution in [0.25, 0.3) is 0 Å². The SMILES string of the molecule is CSCOc1cc(C)c(Cl)c(C)c1. The van der Waals surface area contributed by atoms with Gasteiger partial charge in [0.1, 0.15) is 11.7 Å². The van der Waals surface area contributed by atoms with Gasteiger partial charge in [0.25, 0.3) is 0 Å². The van der Waals surface area contributed by atoms with E-state index >= 15 is 0 Å². The second kappa shape index (κ2) is 4.77. The summed E-state index contributed by atoms with van der Waals surface area (Å²) in [7, 11) is 0. The third kappa shape index (κ3) is 2.82. The first-order chi connectivity index (χ1) is 6.15. The van der Waals surface area contributed by atoms with Crippen molar-refractivity contribution >= 4 is 23.4 Å². The zero-order valence-corrected chi connectivity index (χ0v) is 9.63. The number of halogens is 1. The highest BCUT2D eigenvalue weighted by atomic mass is 35.5. The standard InChI is InChI=1S/C10H13ClOS/c1-7-4-9(12-6-13-3)5-8(2)10(7)11/h4-5H,6H2,1-3H3. The molecule has 0 unspecified atom stereocenters. The van der Waals surface area contributed by atoms with Crippen LogP contribution < -0.4 is 4.74 Å². The van der Waals surface area contributed by atoms with Crippen LogP contribution in [-0.4, -0.2) is 12.2 Å². The van der Waals surface area contributed by atoms with E-state index in [1.807, 2.05) is 32.2 Å². The molecular weight excluding hydrogens is 204 g/mol. The van der Waals surface area contributed by atoms with E-state index in [0.717, 1.165) is 21.9 Å². The fourth-order valence-corrected chi connectivity index (χ4v) is 1.48. The van der Waals surface area contributed by atoms with Gasteiger partial charge in [-0.25, -0.2) is 0 Å². The van der Waals surface area contributed by atoms with Crippen LogP contribution in [0.15, 0.2) is 12.1 Å². The molecule has 0 amide bonds. The molecule has 0 aliphatic heterocycles. The average Bonchev–Trinajstić information content (AvgIpc) is 2.10. The van der Waals surface area contributed by atoms with Crippen LogP contribution >= 0.6 is 23.4 Å². The summed E-state index contributed by atoms with van der Waals surface area (Å²) in [4.78, 5) is 0. The molecule has 0 saturated carbocycles. The Morgan fingerprint density at radius 2 is 1.85 bits per heavy atom. The molecule has 0 spiro atoms. The molecule has 0 aliphatic rings. The number of hydrogen-bond donors (Lipinski definition) is 0. The lowest BCUT2D eigenvalue weighted by molar-refractivity contribution is 0.393. The smallest absolute Gasteiger partial charge is 0.133 e. The van der Waals surface area contributed by atoms with Crippen molar-refractivity contribution in [3.05, 3.63) is 28.3 Å². The summed E-state index contributed by atoms with van der Waals surface area (Å²) >= 11 is 7.68. The van der Waals surface area contributed by atoms with Crippen molar-refractivity contribution in [3.63, 3.8) is 0 Å². The molecule has 1 aromatic carbocycles. The quantitative estimate of drug-likeness (QED) is 0.714. The highest BCUT2D eigenvalue weighted by Crippen LogP contribution is 2.26. The fraction of sp³-hybridized carbons (Fsp3) is 0.400. The minimum Gasteiger partial charge on any atom is -0.483 e. The molecule has 0 aromatic heterocycles. The van der Waals surface area contributed by atoms with Crippen molar-refractivity contribution in [3.8, 4) is 5.75 Å². The van der Waals surface area contributed by atoms with Crippen LogP contribution in [0.2, 0.25) is 5.02 Å². The monoisotopic (exact) mass is 216 g/mol. The van der Waals surface area contributed by atoms with Gasteiger partial charge in [0.2, 0.25) is 0 Å².